The van der Waals surface area contributed by atoms with E-state index in [0.717, 1.165) is 12.0 Å². The standard InChI is InChI=1S/C17H23FN2O3/c1-11-7-8-12(18)10-13(11)19-15(21)14-6-5-9-20(14)16(22)23-17(2,3)4/h7-8,10,14H,5-6,9H2,1-4H3,(H,19,21). The molecule has 0 radical (unpaired) electrons. The van der Waals surface area contributed by atoms with Crippen LogP contribution in [-0.2, 0) is 9.53 Å². The van der Waals surface area contributed by atoms with E-state index in [9.17, 15) is 14.0 Å². The third-order valence-electron chi connectivity index (χ3n) is 3.64. The van der Waals surface area contributed by atoms with Crippen LogP contribution in [0.2, 0.25) is 0 Å². The number of likely N-dealkylation sites (tertiary alicyclic amines) is 1. The van der Waals surface area contributed by atoms with Crippen molar-refractivity contribution in [2.75, 3.05) is 11.9 Å². The molecule has 0 bridgehead atoms. The lowest BCUT2D eigenvalue weighted by Crippen LogP contribution is -2.45. The smallest absolute Gasteiger partial charge is 0.410 e. The van der Waals surface area contributed by atoms with E-state index in [1.807, 2.05) is 0 Å². The first-order chi connectivity index (χ1) is 10.7. The number of aryl methyl sites for hydroxylation is 1. The summed E-state index contributed by atoms with van der Waals surface area (Å²) in [6, 6.07) is 3.63. The fourth-order valence-corrected chi connectivity index (χ4v) is 2.52. The summed E-state index contributed by atoms with van der Waals surface area (Å²) in [5.74, 6) is -0.733. The molecule has 6 heteroatoms. The van der Waals surface area contributed by atoms with Crippen LogP contribution >= 0.6 is 0 Å². The summed E-state index contributed by atoms with van der Waals surface area (Å²) < 4.78 is 18.7. The van der Waals surface area contributed by atoms with Crippen LogP contribution in [0.3, 0.4) is 0 Å². The first kappa shape index (κ1) is 17.2. The maximum atomic E-state index is 13.3. The molecule has 1 fully saturated rings. The van der Waals surface area contributed by atoms with Crippen LogP contribution in [0.1, 0.15) is 39.2 Å². The van der Waals surface area contributed by atoms with Crippen LogP contribution in [0.4, 0.5) is 14.9 Å². The Morgan fingerprint density at radius 2 is 2.04 bits per heavy atom. The summed E-state index contributed by atoms with van der Waals surface area (Å²) in [5.41, 5.74) is 0.576. The van der Waals surface area contributed by atoms with Gasteiger partial charge >= 0.3 is 6.09 Å². The number of carbonyl (C=O) groups is 2. The van der Waals surface area contributed by atoms with Crippen molar-refractivity contribution in [2.45, 2.75) is 52.2 Å². The first-order valence-electron chi connectivity index (χ1n) is 7.74. The van der Waals surface area contributed by atoms with Crippen molar-refractivity contribution in [3.8, 4) is 0 Å². The molecule has 1 heterocycles. The van der Waals surface area contributed by atoms with E-state index in [1.54, 1.807) is 33.8 Å². The number of nitrogens with one attached hydrogen (secondary N) is 1. The molecule has 0 aliphatic carbocycles. The van der Waals surface area contributed by atoms with Gasteiger partial charge in [0.2, 0.25) is 5.91 Å². The van der Waals surface area contributed by atoms with Crippen molar-refractivity contribution in [3.63, 3.8) is 0 Å². The topological polar surface area (TPSA) is 58.6 Å². The molecule has 23 heavy (non-hydrogen) atoms. The summed E-state index contributed by atoms with van der Waals surface area (Å²) in [4.78, 5) is 26.1. The number of benzene rings is 1. The van der Waals surface area contributed by atoms with Gasteiger partial charge in [0.1, 0.15) is 17.5 Å². The summed E-state index contributed by atoms with van der Waals surface area (Å²) in [7, 11) is 0. The fourth-order valence-electron chi connectivity index (χ4n) is 2.52. The summed E-state index contributed by atoms with van der Waals surface area (Å²) in [5, 5.41) is 2.71. The highest BCUT2D eigenvalue weighted by Crippen LogP contribution is 2.23. The molecule has 1 aliphatic rings. The summed E-state index contributed by atoms with van der Waals surface area (Å²) >= 11 is 0. The van der Waals surface area contributed by atoms with Crippen molar-refractivity contribution in [1.29, 1.82) is 0 Å². The number of anilines is 1. The number of amides is 2. The van der Waals surface area contributed by atoms with Gasteiger partial charge in [-0.2, -0.15) is 0 Å². The van der Waals surface area contributed by atoms with Gasteiger partial charge in [0.25, 0.3) is 0 Å². The molecule has 2 rings (SSSR count). The second-order valence-corrected chi connectivity index (χ2v) is 6.78. The van der Waals surface area contributed by atoms with Crippen molar-refractivity contribution in [1.82, 2.24) is 4.90 Å². The van der Waals surface area contributed by atoms with Crippen LogP contribution in [0.5, 0.6) is 0 Å². The Balaban J connectivity index is 2.08. The van der Waals surface area contributed by atoms with Gasteiger partial charge in [-0.25, -0.2) is 9.18 Å². The van der Waals surface area contributed by atoms with Crippen LogP contribution in [0.15, 0.2) is 18.2 Å². The second-order valence-electron chi connectivity index (χ2n) is 6.78. The SMILES string of the molecule is Cc1ccc(F)cc1NC(=O)C1CCCN1C(=O)OC(C)(C)C. The van der Waals surface area contributed by atoms with E-state index < -0.39 is 23.6 Å². The largest absolute Gasteiger partial charge is 0.444 e. The minimum atomic E-state index is -0.611. The molecule has 0 saturated carbocycles. The number of rotatable bonds is 2. The van der Waals surface area contributed by atoms with E-state index in [4.69, 9.17) is 4.74 Å². The van der Waals surface area contributed by atoms with E-state index in [1.165, 1.54) is 17.0 Å². The Morgan fingerprint density at radius 1 is 1.35 bits per heavy atom. The van der Waals surface area contributed by atoms with Gasteiger partial charge < -0.3 is 10.1 Å². The molecule has 1 atom stereocenters. The summed E-state index contributed by atoms with van der Waals surface area (Å²) in [6.07, 6.45) is 0.810. The first-order valence-corrected chi connectivity index (χ1v) is 7.74. The lowest BCUT2D eigenvalue weighted by atomic mass is 10.1. The molecule has 0 spiro atoms. The summed E-state index contributed by atoms with van der Waals surface area (Å²) in [6.45, 7) is 7.62. The molecule has 1 unspecified atom stereocenters. The van der Waals surface area contributed by atoms with Crippen molar-refractivity contribution in [3.05, 3.63) is 29.6 Å². The van der Waals surface area contributed by atoms with E-state index >= 15 is 0 Å². The molecule has 1 aliphatic heterocycles. The molecule has 0 aromatic heterocycles. The monoisotopic (exact) mass is 322 g/mol. The van der Waals surface area contributed by atoms with Gasteiger partial charge in [0.15, 0.2) is 0 Å². The van der Waals surface area contributed by atoms with Gasteiger partial charge in [0, 0.05) is 12.2 Å². The normalized spacial score (nSPS) is 18.0. The Labute approximate surface area is 135 Å². The zero-order valence-electron chi connectivity index (χ0n) is 14.0. The quantitative estimate of drug-likeness (QED) is 0.907. The molecule has 1 aromatic carbocycles. The predicted molar refractivity (Wildman–Crippen MR) is 85.7 cm³/mol. The molecular formula is C17H23FN2O3. The van der Waals surface area contributed by atoms with Gasteiger partial charge in [-0.1, -0.05) is 6.07 Å². The van der Waals surface area contributed by atoms with E-state index in [0.29, 0.717) is 18.7 Å². The molecule has 2 amide bonds. The third-order valence-corrected chi connectivity index (χ3v) is 3.64. The number of hydrogen-bond acceptors (Lipinski definition) is 3. The van der Waals surface area contributed by atoms with Crippen molar-refractivity contribution < 1.29 is 18.7 Å². The maximum absolute atomic E-state index is 13.3. The highest BCUT2D eigenvalue weighted by molar-refractivity contribution is 5.97. The third kappa shape index (κ3) is 4.43. The lowest BCUT2D eigenvalue weighted by Gasteiger charge is -2.28. The van der Waals surface area contributed by atoms with Crippen LogP contribution in [0.25, 0.3) is 0 Å². The van der Waals surface area contributed by atoms with Crippen LogP contribution < -0.4 is 5.32 Å². The zero-order chi connectivity index (χ0) is 17.2. The van der Waals surface area contributed by atoms with E-state index in [2.05, 4.69) is 5.32 Å². The van der Waals surface area contributed by atoms with Crippen molar-refractivity contribution >= 4 is 17.7 Å². The average Bonchev–Trinajstić information content (AvgIpc) is 2.90. The van der Waals surface area contributed by atoms with Gasteiger partial charge in [-0.3, -0.25) is 9.69 Å². The lowest BCUT2D eigenvalue weighted by molar-refractivity contribution is -0.120. The van der Waals surface area contributed by atoms with Crippen LogP contribution in [-0.4, -0.2) is 35.1 Å². The highest BCUT2D eigenvalue weighted by Gasteiger charge is 2.36. The van der Waals surface area contributed by atoms with Crippen LogP contribution in [0, 0.1) is 12.7 Å². The number of halogens is 1. The highest BCUT2D eigenvalue weighted by atomic mass is 19.1. The number of nitrogens with zero attached hydrogens (tertiary/aromatic N) is 1. The molecular weight excluding hydrogens is 299 g/mol. The molecule has 1 saturated heterocycles. The van der Waals surface area contributed by atoms with Gasteiger partial charge in [0.05, 0.1) is 0 Å². The van der Waals surface area contributed by atoms with Crippen molar-refractivity contribution in [2.24, 2.45) is 0 Å². The Morgan fingerprint density at radius 3 is 2.70 bits per heavy atom. The minimum Gasteiger partial charge on any atom is -0.444 e. The molecule has 5 nitrogen and oxygen atoms in total. The van der Waals surface area contributed by atoms with E-state index in [-0.39, 0.29) is 5.91 Å². The zero-order valence-corrected chi connectivity index (χ0v) is 14.0. The Hall–Kier alpha value is -2.11. The van der Waals surface area contributed by atoms with Gasteiger partial charge in [-0.05, 0) is 58.2 Å². The predicted octanol–water partition coefficient (Wildman–Crippen LogP) is 3.47. The molecule has 1 N–H and O–H groups in total. The maximum Gasteiger partial charge on any atom is 0.410 e. The minimum absolute atomic E-state index is 0.318. The Bertz CT molecular complexity index is 610. The van der Waals surface area contributed by atoms with Gasteiger partial charge in [-0.15, -0.1) is 0 Å². The number of ether oxygens (including phenoxy) is 1. The second kappa shape index (κ2) is 6.56. The number of hydrogen-bond donors (Lipinski definition) is 1. The Kier molecular flexibility index (Phi) is 4.92. The average molecular weight is 322 g/mol. The molecule has 126 valence electrons. The fraction of sp³-hybridized carbons (Fsp3) is 0.529. The number of carbonyl (C=O) groups excluding carboxylic acids is 2. The molecule has 1 aromatic rings.